The van der Waals surface area contributed by atoms with E-state index >= 15 is 0 Å². The third kappa shape index (κ3) is 6.61. The maximum Gasteiger partial charge on any atom is 0.329 e. The third-order valence-electron chi connectivity index (χ3n) is 5.00. The minimum Gasteiger partial charge on any atom is -0.453 e. The van der Waals surface area contributed by atoms with Crippen LogP contribution in [0, 0.1) is 5.82 Å². The van der Waals surface area contributed by atoms with Crippen LogP contribution in [0.5, 0.6) is 11.5 Å². The quantitative estimate of drug-likeness (QED) is 0.239. The Balaban J connectivity index is 1.38. The minimum absolute atomic E-state index is 0.0823. The van der Waals surface area contributed by atoms with Gasteiger partial charge in [-0.2, -0.15) is 0 Å². The average molecular weight is 541 g/mol. The molecule has 0 bridgehead atoms. The second kappa shape index (κ2) is 11.8. The summed E-state index contributed by atoms with van der Waals surface area (Å²) >= 11 is 1.80. The van der Waals surface area contributed by atoms with Crippen molar-refractivity contribution >= 4 is 56.2 Å². The van der Waals surface area contributed by atoms with Gasteiger partial charge in [0, 0.05) is 49.4 Å². The van der Waals surface area contributed by atoms with Crippen LogP contribution in [0.15, 0.2) is 66.9 Å². The molecule has 12 heteroatoms. The molecule has 0 saturated heterocycles. The molecule has 0 atom stereocenters. The van der Waals surface area contributed by atoms with Crippen LogP contribution in [0.1, 0.15) is 15.2 Å². The number of hydrogen-bond donors (Lipinski definition) is 2. The molecule has 0 radical (unpaired) electrons. The highest BCUT2D eigenvalue weighted by molar-refractivity contribution is 8.12. The van der Waals surface area contributed by atoms with E-state index in [1.807, 2.05) is 30.3 Å². The largest absolute Gasteiger partial charge is 0.453 e. The number of nitrogens with zero attached hydrogens (tertiary/aromatic N) is 2. The number of halogens is 1. The highest BCUT2D eigenvalue weighted by atomic mass is 32.2. The lowest BCUT2D eigenvalue weighted by atomic mass is 10.2. The normalized spacial score (nSPS) is 10.7. The molecule has 2 heterocycles. The molecule has 37 heavy (non-hydrogen) atoms. The van der Waals surface area contributed by atoms with Gasteiger partial charge in [0.25, 0.3) is 5.91 Å². The first-order valence-electron chi connectivity index (χ1n) is 10.8. The summed E-state index contributed by atoms with van der Waals surface area (Å²) in [4.78, 5) is 46.1. The SMILES string of the molecule is CON(C)C(=O)c1cc2nccc(Oc3ccc(NC(=O)NSC(=O)Cc4ccccc4)cc3F)c2s1. The Kier molecular flexibility index (Phi) is 8.33. The minimum atomic E-state index is -0.720. The Hall–Kier alpha value is -4.00. The molecule has 0 aliphatic rings. The van der Waals surface area contributed by atoms with Gasteiger partial charge in [-0.1, -0.05) is 30.3 Å². The number of nitrogens with one attached hydrogen (secondary N) is 2. The number of thiophene rings is 1. The van der Waals surface area contributed by atoms with Gasteiger partial charge in [-0.15, -0.1) is 11.3 Å². The smallest absolute Gasteiger partial charge is 0.329 e. The molecule has 0 fully saturated rings. The number of benzene rings is 2. The van der Waals surface area contributed by atoms with Gasteiger partial charge >= 0.3 is 6.03 Å². The van der Waals surface area contributed by atoms with Gasteiger partial charge in [0.2, 0.25) is 5.12 Å². The van der Waals surface area contributed by atoms with Gasteiger partial charge in [-0.05, 0) is 23.8 Å². The lowest BCUT2D eigenvalue weighted by Gasteiger charge is -2.11. The number of pyridine rings is 1. The Bertz CT molecular complexity index is 1450. The molecular formula is C25H21FN4O5S2. The van der Waals surface area contributed by atoms with E-state index in [2.05, 4.69) is 15.0 Å². The third-order valence-corrected chi connectivity index (χ3v) is 6.79. The number of carbonyl (C=O) groups is 3. The van der Waals surface area contributed by atoms with Gasteiger partial charge in [0.15, 0.2) is 11.6 Å². The number of anilines is 1. The van der Waals surface area contributed by atoms with E-state index in [9.17, 15) is 18.8 Å². The van der Waals surface area contributed by atoms with Crippen molar-refractivity contribution in [1.82, 2.24) is 14.8 Å². The highest BCUT2D eigenvalue weighted by Gasteiger charge is 2.18. The van der Waals surface area contributed by atoms with Crippen molar-refractivity contribution < 1.29 is 28.3 Å². The maximum absolute atomic E-state index is 14.8. The molecule has 0 unspecified atom stereocenters. The molecule has 0 aliphatic carbocycles. The van der Waals surface area contributed by atoms with Crippen molar-refractivity contribution in [1.29, 1.82) is 0 Å². The van der Waals surface area contributed by atoms with E-state index in [-0.39, 0.29) is 28.9 Å². The monoisotopic (exact) mass is 540 g/mol. The molecule has 2 aromatic carbocycles. The van der Waals surface area contributed by atoms with Crippen molar-refractivity contribution in [2.24, 2.45) is 0 Å². The van der Waals surface area contributed by atoms with Crippen LogP contribution in [-0.4, -0.2) is 41.3 Å². The number of carbonyl (C=O) groups excluding carboxylic acids is 3. The topological polar surface area (TPSA) is 110 Å². The lowest BCUT2D eigenvalue weighted by Crippen LogP contribution is -2.24. The number of fused-ring (bicyclic) bond motifs is 1. The van der Waals surface area contributed by atoms with E-state index in [1.54, 1.807) is 12.1 Å². The summed E-state index contributed by atoms with van der Waals surface area (Å²) in [6.45, 7) is 0. The fraction of sp³-hybridized carbons (Fsp3) is 0.120. The molecule has 190 valence electrons. The van der Waals surface area contributed by atoms with Crippen molar-refractivity contribution in [3.05, 3.63) is 83.1 Å². The summed E-state index contributed by atoms with van der Waals surface area (Å²) in [5.41, 5.74) is 1.52. The zero-order valence-electron chi connectivity index (χ0n) is 19.7. The molecule has 4 aromatic rings. The molecule has 0 saturated carbocycles. The van der Waals surface area contributed by atoms with Gasteiger partial charge in [0.1, 0.15) is 5.75 Å². The van der Waals surface area contributed by atoms with Crippen LogP contribution in [0.4, 0.5) is 14.9 Å². The first-order chi connectivity index (χ1) is 17.8. The van der Waals surface area contributed by atoms with E-state index in [1.165, 1.54) is 32.5 Å². The first kappa shape index (κ1) is 26.1. The second-order valence-corrected chi connectivity index (χ2v) is 9.47. The summed E-state index contributed by atoms with van der Waals surface area (Å²) in [6, 6.07) is 15.6. The predicted molar refractivity (Wildman–Crippen MR) is 140 cm³/mol. The predicted octanol–water partition coefficient (Wildman–Crippen LogP) is 5.40. The Morgan fingerprint density at radius 3 is 2.59 bits per heavy atom. The van der Waals surface area contributed by atoms with Crippen LogP contribution in [-0.2, 0) is 16.1 Å². The van der Waals surface area contributed by atoms with Gasteiger partial charge in [-0.25, -0.2) is 14.2 Å². The van der Waals surface area contributed by atoms with E-state index in [0.29, 0.717) is 32.8 Å². The summed E-state index contributed by atoms with van der Waals surface area (Å²) in [5.74, 6) is -0.834. The molecule has 0 aliphatic heterocycles. The molecule has 0 spiro atoms. The van der Waals surface area contributed by atoms with E-state index in [4.69, 9.17) is 9.57 Å². The number of hydrogen-bond acceptors (Lipinski definition) is 8. The number of amides is 3. The Morgan fingerprint density at radius 1 is 1.08 bits per heavy atom. The molecule has 4 rings (SSSR count). The Morgan fingerprint density at radius 2 is 1.86 bits per heavy atom. The number of aromatic nitrogens is 1. The van der Waals surface area contributed by atoms with Gasteiger partial charge in [0.05, 0.1) is 22.2 Å². The highest BCUT2D eigenvalue weighted by Crippen LogP contribution is 2.36. The van der Waals surface area contributed by atoms with Crippen LogP contribution in [0.25, 0.3) is 10.2 Å². The number of rotatable bonds is 7. The first-order valence-corrected chi connectivity index (χ1v) is 12.5. The molecule has 2 N–H and O–H groups in total. The van der Waals surface area contributed by atoms with E-state index in [0.717, 1.165) is 28.0 Å². The zero-order chi connectivity index (χ0) is 26.4. The molecular weight excluding hydrogens is 519 g/mol. The standard InChI is InChI=1S/C25H21FN4O5S2/c1-30(34-2)24(32)21-14-18-23(36-21)20(10-11-27-18)35-19-9-8-16(13-17(19)26)28-25(33)29-37-22(31)12-15-6-4-3-5-7-15/h3-11,13-14H,12H2,1-2H3,(H2,28,29,33). The molecule has 9 nitrogen and oxygen atoms in total. The summed E-state index contributed by atoms with van der Waals surface area (Å²) < 4.78 is 23.5. The number of urea groups is 1. The maximum atomic E-state index is 14.8. The summed E-state index contributed by atoms with van der Waals surface area (Å²) in [6.07, 6.45) is 1.66. The van der Waals surface area contributed by atoms with Crippen molar-refractivity contribution in [2.45, 2.75) is 6.42 Å². The van der Waals surface area contributed by atoms with Crippen LogP contribution in [0.2, 0.25) is 0 Å². The van der Waals surface area contributed by atoms with Crippen LogP contribution >= 0.6 is 23.3 Å². The average Bonchev–Trinajstić information content (AvgIpc) is 3.34. The number of hydroxylamine groups is 2. The Labute approximate surface area is 219 Å². The fourth-order valence-electron chi connectivity index (χ4n) is 3.18. The zero-order valence-corrected chi connectivity index (χ0v) is 21.3. The van der Waals surface area contributed by atoms with Crippen LogP contribution in [0.3, 0.4) is 0 Å². The van der Waals surface area contributed by atoms with E-state index < -0.39 is 11.8 Å². The van der Waals surface area contributed by atoms with Crippen LogP contribution < -0.4 is 14.8 Å². The van der Waals surface area contributed by atoms with Gasteiger partial charge < -0.3 is 10.1 Å². The van der Waals surface area contributed by atoms with Crippen molar-refractivity contribution in [3.63, 3.8) is 0 Å². The number of ether oxygens (including phenoxy) is 1. The van der Waals surface area contributed by atoms with Gasteiger partial charge in [-0.3, -0.25) is 24.1 Å². The molecule has 3 amide bonds. The fourth-order valence-corrected chi connectivity index (χ4v) is 4.71. The summed E-state index contributed by atoms with van der Waals surface area (Å²) in [7, 11) is 2.87. The molecule has 2 aromatic heterocycles. The second-order valence-electron chi connectivity index (χ2n) is 7.56. The lowest BCUT2D eigenvalue weighted by molar-refractivity contribution is -0.110. The van der Waals surface area contributed by atoms with Crippen molar-refractivity contribution in [2.75, 3.05) is 19.5 Å². The van der Waals surface area contributed by atoms with Crippen molar-refractivity contribution in [3.8, 4) is 11.5 Å². The summed E-state index contributed by atoms with van der Waals surface area (Å²) in [5, 5.41) is 3.32.